The van der Waals surface area contributed by atoms with Crippen molar-refractivity contribution in [2.24, 2.45) is 11.7 Å². The van der Waals surface area contributed by atoms with Crippen molar-refractivity contribution in [3.63, 3.8) is 0 Å². The summed E-state index contributed by atoms with van der Waals surface area (Å²) in [6, 6.07) is 0.213. The molecule has 2 unspecified atom stereocenters. The third-order valence-corrected chi connectivity index (χ3v) is 2.94. The highest BCUT2D eigenvalue weighted by molar-refractivity contribution is 5.78. The monoisotopic (exact) mass is 256 g/mol. The van der Waals surface area contributed by atoms with Crippen LogP contribution < -0.4 is 5.73 Å². The molecule has 106 valence electrons. The van der Waals surface area contributed by atoms with Gasteiger partial charge in [-0.2, -0.15) is 0 Å². The summed E-state index contributed by atoms with van der Waals surface area (Å²) in [5.41, 5.74) is 5.70. The highest BCUT2D eigenvalue weighted by Crippen LogP contribution is 2.12. The summed E-state index contributed by atoms with van der Waals surface area (Å²) in [7, 11) is 1.64. The molecule has 0 radical (unpaired) electrons. The lowest BCUT2D eigenvalue weighted by molar-refractivity contribution is -0.135. The number of hydrogen-bond donors (Lipinski definition) is 1. The molecule has 0 aliphatic heterocycles. The van der Waals surface area contributed by atoms with Gasteiger partial charge in [-0.25, -0.2) is 0 Å². The Kier molecular flexibility index (Phi) is 9.60. The molecule has 2 atom stereocenters. The first kappa shape index (κ1) is 17.1. The number of methoxy groups -OCH3 is 1. The lowest BCUT2D eigenvalue weighted by atomic mass is 10.0. The fourth-order valence-electron chi connectivity index (χ4n) is 1.83. The standard InChI is InChI=1S/C14H28N2O2/c1-5-9-16(10-11-18-4)14(17)12(2)7-6-8-13(3)15/h5,12-13H,1,6-11,15H2,2-4H3. The zero-order valence-corrected chi connectivity index (χ0v) is 12.0. The Morgan fingerprint density at radius 1 is 1.44 bits per heavy atom. The molecule has 0 saturated carbocycles. The Balaban J connectivity index is 4.14. The summed E-state index contributed by atoms with van der Waals surface area (Å²) < 4.78 is 5.02. The minimum atomic E-state index is 0.0422. The average Bonchev–Trinajstić information content (AvgIpc) is 2.33. The Hall–Kier alpha value is -0.870. The van der Waals surface area contributed by atoms with Crippen molar-refractivity contribution in [3.8, 4) is 0 Å². The maximum atomic E-state index is 12.2. The van der Waals surface area contributed by atoms with Crippen LogP contribution in [-0.2, 0) is 9.53 Å². The maximum absolute atomic E-state index is 12.2. The zero-order valence-electron chi connectivity index (χ0n) is 12.0. The summed E-state index contributed by atoms with van der Waals surface area (Å²) in [6.07, 6.45) is 4.61. The molecule has 0 fully saturated rings. The molecule has 2 N–H and O–H groups in total. The van der Waals surface area contributed by atoms with E-state index in [4.69, 9.17) is 10.5 Å². The summed E-state index contributed by atoms with van der Waals surface area (Å²) >= 11 is 0. The molecule has 0 aromatic rings. The van der Waals surface area contributed by atoms with Gasteiger partial charge in [-0.3, -0.25) is 4.79 Å². The summed E-state index contributed by atoms with van der Waals surface area (Å²) in [5.74, 6) is 0.220. The van der Waals surface area contributed by atoms with Crippen LogP contribution in [0.15, 0.2) is 12.7 Å². The Bertz CT molecular complexity index is 242. The highest BCUT2D eigenvalue weighted by Gasteiger charge is 2.19. The Labute approximate surface area is 111 Å². The molecule has 0 bridgehead atoms. The first-order valence-corrected chi connectivity index (χ1v) is 6.67. The fourth-order valence-corrected chi connectivity index (χ4v) is 1.83. The van der Waals surface area contributed by atoms with Crippen LogP contribution in [0.1, 0.15) is 33.1 Å². The number of rotatable bonds is 10. The molecule has 0 aliphatic carbocycles. The molecule has 1 amide bonds. The summed E-state index contributed by atoms with van der Waals surface area (Å²) in [6.45, 7) is 9.43. The zero-order chi connectivity index (χ0) is 14.0. The van der Waals surface area contributed by atoms with Crippen LogP contribution in [-0.4, -0.2) is 43.7 Å². The second-order valence-corrected chi connectivity index (χ2v) is 4.87. The number of amides is 1. The van der Waals surface area contributed by atoms with E-state index in [1.807, 2.05) is 13.8 Å². The largest absolute Gasteiger partial charge is 0.383 e. The van der Waals surface area contributed by atoms with Gasteiger partial charge in [0.2, 0.25) is 5.91 Å². The lowest BCUT2D eigenvalue weighted by Gasteiger charge is -2.24. The molecule has 0 aliphatic rings. The number of nitrogens with two attached hydrogens (primary N) is 1. The van der Waals surface area contributed by atoms with Gasteiger partial charge < -0.3 is 15.4 Å². The van der Waals surface area contributed by atoms with Crippen molar-refractivity contribution in [1.82, 2.24) is 4.90 Å². The lowest BCUT2D eigenvalue weighted by Crippen LogP contribution is -2.37. The number of hydrogen-bond acceptors (Lipinski definition) is 3. The first-order chi connectivity index (χ1) is 8.52. The predicted octanol–water partition coefficient (Wildman–Crippen LogP) is 1.80. The van der Waals surface area contributed by atoms with Crippen molar-refractivity contribution < 1.29 is 9.53 Å². The van der Waals surface area contributed by atoms with E-state index in [1.54, 1.807) is 18.1 Å². The number of ether oxygens (including phenoxy) is 1. The van der Waals surface area contributed by atoms with Gasteiger partial charge in [-0.05, 0) is 19.8 Å². The van der Waals surface area contributed by atoms with Crippen molar-refractivity contribution in [2.75, 3.05) is 26.8 Å². The van der Waals surface area contributed by atoms with Crippen LogP contribution in [0.3, 0.4) is 0 Å². The third-order valence-electron chi connectivity index (χ3n) is 2.94. The van der Waals surface area contributed by atoms with Gasteiger partial charge in [0, 0.05) is 32.2 Å². The molecule has 0 heterocycles. The van der Waals surface area contributed by atoms with Gasteiger partial charge in [-0.15, -0.1) is 6.58 Å². The molecule has 4 nitrogen and oxygen atoms in total. The highest BCUT2D eigenvalue weighted by atomic mass is 16.5. The third kappa shape index (κ3) is 7.45. The molecule has 18 heavy (non-hydrogen) atoms. The average molecular weight is 256 g/mol. The van der Waals surface area contributed by atoms with Crippen molar-refractivity contribution in [2.45, 2.75) is 39.2 Å². The first-order valence-electron chi connectivity index (χ1n) is 6.67. The van der Waals surface area contributed by atoms with Crippen LogP contribution in [0.2, 0.25) is 0 Å². The van der Waals surface area contributed by atoms with Gasteiger partial charge in [0.25, 0.3) is 0 Å². The topological polar surface area (TPSA) is 55.6 Å². The molecule has 0 aromatic carbocycles. The van der Waals surface area contributed by atoms with Gasteiger partial charge in [-0.1, -0.05) is 19.4 Å². The number of nitrogens with zero attached hydrogens (tertiary/aromatic N) is 1. The minimum absolute atomic E-state index is 0.0422. The minimum Gasteiger partial charge on any atom is -0.383 e. The SMILES string of the molecule is C=CCN(CCOC)C(=O)C(C)CCCC(C)N. The second-order valence-electron chi connectivity index (χ2n) is 4.87. The molecule has 4 heteroatoms. The van der Waals surface area contributed by atoms with Crippen LogP contribution in [0.4, 0.5) is 0 Å². The smallest absolute Gasteiger partial charge is 0.225 e. The molecular formula is C14H28N2O2. The molecule has 0 saturated heterocycles. The molecular weight excluding hydrogens is 228 g/mol. The van der Waals surface area contributed by atoms with E-state index < -0.39 is 0 Å². The van der Waals surface area contributed by atoms with E-state index >= 15 is 0 Å². The van der Waals surface area contributed by atoms with E-state index in [1.165, 1.54) is 0 Å². The molecule has 0 aromatic heterocycles. The van der Waals surface area contributed by atoms with Crippen LogP contribution in [0.5, 0.6) is 0 Å². The predicted molar refractivity (Wildman–Crippen MR) is 75.3 cm³/mol. The van der Waals surface area contributed by atoms with Crippen LogP contribution in [0.25, 0.3) is 0 Å². The van der Waals surface area contributed by atoms with Gasteiger partial charge in [0.1, 0.15) is 0 Å². The van der Waals surface area contributed by atoms with E-state index in [9.17, 15) is 4.79 Å². The van der Waals surface area contributed by atoms with E-state index in [0.29, 0.717) is 19.7 Å². The van der Waals surface area contributed by atoms with Gasteiger partial charge >= 0.3 is 0 Å². The van der Waals surface area contributed by atoms with Crippen LogP contribution in [0, 0.1) is 5.92 Å². The van der Waals surface area contributed by atoms with Crippen LogP contribution >= 0.6 is 0 Å². The number of carbonyl (C=O) groups excluding carboxylic acids is 1. The molecule has 0 spiro atoms. The maximum Gasteiger partial charge on any atom is 0.225 e. The number of carbonyl (C=O) groups is 1. The summed E-state index contributed by atoms with van der Waals surface area (Å²) in [4.78, 5) is 14.0. The van der Waals surface area contributed by atoms with E-state index in [2.05, 4.69) is 6.58 Å². The Morgan fingerprint density at radius 3 is 2.61 bits per heavy atom. The van der Waals surface area contributed by atoms with Crippen molar-refractivity contribution in [1.29, 1.82) is 0 Å². The van der Waals surface area contributed by atoms with Gasteiger partial charge in [0.15, 0.2) is 0 Å². The van der Waals surface area contributed by atoms with Crippen molar-refractivity contribution in [3.05, 3.63) is 12.7 Å². The Morgan fingerprint density at radius 2 is 2.11 bits per heavy atom. The van der Waals surface area contributed by atoms with Crippen molar-refractivity contribution >= 4 is 5.91 Å². The molecule has 0 rings (SSSR count). The quantitative estimate of drug-likeness (QED) is 0.606. The van der Waals surface area contributed by atoms with E-state index in [-0.39, 0.29) is 17.9 Å². The normalized spacial score (nSPS) is 14.0. The second kappa shape index (κ2) is 10.1. The summed E-state index contributed by atoms with van der Waals surface area (Å²) in [5, 5.41) is 0. The van der Waals surface area contributed by atoms with E-state index in [0.717, 1.165) is 19.3 Å². The fraction of sp³-hybridized carbons (Fsp3) is 0.786. The van der Waals surface area contributed by atoms with Gasteiger partial charge in [0.05, 0.1) is 6.61 Å².